The van der Waals surface area contributed by atoms with E-state index in [1.165, 1.54) is 84.1 Å². The Labute approximate surface area is 107 Å². The maximum atomic E-state index is 3.51. The van der Waals surface area contributed by atoms with Gasteiger partial charge < -0.3 is 10.2 Å². The predicted molar refractivity (Wildman–Crippen MR) is 74.4 cm³/mol. The molecule has 2 fully saturated rings. The first-order chi connectivity index (χ1) is 8.35. The SMILES string of the molecule is CCC1(CN2CCCCCCC2)CCNCC1. The molecule has 0 aromatic carbocycles. The van der Waals surface area contributed by atoms with Crippen molar-refractivity contribution in [2.45, 2.75) is 58.3 Å². The highest BCUT2D eigenvalue weighted by molar-refractivity contribution is 4.86. The topological polar surface area (TPSA) is 15.3 Å². The van der Waals surface area contributed by atoms with Gasteiger partial charge in [0, 0.05) is 6.54 Å². The van der Waals surface area contributed by atoms with E-state index in [9.17, 15) is 0 Å². The van der Waals surface area contributed by atoms with Gasteiger partial charge in [-0.1, -0.05) is 26.2 Å². The summed E-state index contributed by atoms with van der Waals surface area (Å²) in [6.07, 6.45) is 11.4. The van der Waals surface area contributed by atoms with E-state index in [4.69, 9.17) is 0 Å². The third-order valence-electron chi connectivity index (χ3n) is 4.92. The van der Waals surface area contributed by atoms with Crippen molar-refractivity contribution < 1.29 is 0 Å². The van der Waals surface area contributed by atoms with Gasteiger partial charge in [0.1, 0.15) is 0 Å². The lowest BCUT2D eigenvalue weighted by atomic mass is 9.76. The van der Waals surface area contributed by atoms with E-state index in [1.54, 1.807) is 0 Å². The third-order valence-corrected chi connectivity index (χ3v) is 4.92. The van der Waals surface area contributed by atoms with E-state index in [-0.39, 0.29) is 0 Å². The first kappa shape index (κ1) is 13.4. The number of rotatable bonds is 3. The lowest BCUT2D eigenvalue weighted by Crippen LogP contribution is -2.45. The van der Waals surface area contributed by atoms with Crippen LogP contribution in [0, 0.1) is 5.41 Å². The van der Waals surface area contributed by atoms with E-state index in [2.05, 4.69) is 17.1 Å². The Hall–Kier alpha value is -0.0800. The van der Waals surface area contributed by atoms with Crippen LogP contribution < -0.4 is 5.32 Å². The molecule has 17 heavy (non-hydrogen) atoms. The zero-order valence-electron chi connectivity index (χ0n) is 11.6. The van der Waals surface area contributed by atoms with Crippen LogP contribution in [0.1, 0.15) is 58.3 Å². The maximum Gasteiger partial charge on any atom is 0.00388 e. The van der Waals surface area contributed by atoms with Crippen LogP contribution in [0.15, 0.2) is 0 Å². The van der Waals surface area contributed by atoms with Crippen molar-refractivity contribution in [1.29, 1.82) is 0 Å². The molecule has 0 radical (unpaired) electrons. The van der Waals surface area contributed by atoms with Crippen LogP contribution in [0.4, 0.5) is 0 Å². The van der Waals surface area contributed by atoms with E-state index >= 15 is 0 Å². The molecule has 0 atom stereocenters. The molecule has 2 heteroatoms. The quantitative estimate of drug-likeness (QED) is 0.813. The molecule has 2 aliphatic heterocycles. The second kappa shape index (κ2) is 6.75. The van der Waals surface area contributed by atoms with Gasteiger partial charge >= 0.3 is 0 Å². The molecule has 0 unspecified atom stereocenters. The zero-order chi connectivity index (χ0) is 12.0. The Morgan fingerprint density at radius 2 is 1.53 bits per heavy atom. The number of piperidine rings is 1. The van der Waals surface area contributed by atoms with Gasteiger partial charge in [-0.2, -0.15) is 0 Å². The fraction of sp³-hybridized carbons (Fsp3) is 1.00. The van der Waals surface area contributed by atoms with Crippen molar-refractivity contribution in [2.75, 3.05) is 32.7 Å². The molecule has 0 aliphatic carbocycles. The van der Waals surface area contributed by atoms with Gasteiger partial charge in [0.05, 0.1) is 0 Å². The minimum Gasteiger partial charge on any atom is -0.317 e. The number of hydrogen-bond acceptors (Lipinski definition) is 2. The van der Waals surface area contributed by atoms with Crippen LogP contribution in [-0.4, -0.2) is 37.6 Å². The largest absolute Gasteiger partial charge is 0.317 e. The zero-order valence-corrected chi connectivity index (χ0v) is 11.6. The maximum absolute atomic E-state index is 3.51. The summed E-state index contributed by atoms with van der Waals surface area (Å²) in [6, 6.07) is 0. The molecular formula is C15H30N2. The number of nitrogens with zero attached hydrogens (tertiary/aromatic N) is 1. The molecule has 100 valence electrons. The standard InChI is InChI=1S/C15H30N2/c1-2-15(8-10-16-11-9-15)14-17-12-6-4-3-5-7-13-17/h16H,2-14H2,1H3. The second-order valence-corrected chi connectivity index (χ2v) is 6.15. The number of likely N-dealkylation sites (tertiary alicyclic amines) is 1. The number of nitrogens with one attached hydrogen (secondary N) is 1. The van der Waals surface area contributed by atoms with E-state index in [1.807, 2.05) is 0 Å². The van der Waals surface area contributed by atoms with Crippen molar-refractivity contribution in [3.8, 4) is 0 Å². The molecule has 2 rings (SSSR count). The average molecular weight is 238 g/mol. The van der Waals surface area contributed by atoms with E-state index in [0.29, 0.717) is 5.41 Å². The fourth-order valence-corrected chi connectivity index (χ4v) is 3.53. The number of hydrogen-bond donors (Lipinski definition) is 1. The summed E-state index contributed by atoms with van der Waals surface area (Å²) in [4.78, 5) is 2.77. The predicted octanol–water partition coefficient (Wildman–Crippen LogP) is 3.03. The van der Waals surface area contributed by atoms with Crippen LogP contribution >= 0.6 is 0 Å². The lowest BCUT2D eigenvalue weighted by Gasteiger charge is -2.41. The van der Waals surface area contributed by atoms with Gasteiger partial charge in [-0.25, -0.2) is 0 Å². The summed E-state index contributed by atoms with van der Waals surface area (Å²) >= 11 is 0. The minimum atomic E-state index is 0.629. The molecule has 1 N–H and O–H groups in total. The molecule has 2 nitrogen and oxygen atoms in total. The molecule has 0 bridgehead atoms. The van der Waals surface area contributed by atoms with Gasteiger partial charge in [-0.3, -0.25) is 0 Å². The van der Waals surface area contributed by atoms with E-state index in [0.717, 1.165) is 0 Å². The second-order valence-electron chi connectivity index (χ2n) is 6.15. The molecule has 0 aromatic rings. The Balaban J connectivity index is 1.86. The van der Waals surface area contributed by atoms with Gasteiger partial charge in [-0.05, 0) is 63.7 Å². The summed E-state index contributed by atoms with van der Waals surface area (Å²) in [7, 11) is 0. The first-order valence-electron chi connectivity index (χ1n) is 7.78. The van der Waals surface area contributed by atoms with Crippen molar-refractivity contribution in [1.82, 2.24) is 10.2 Å². The normalized spacial score (nSPS) is 27.4. The lowest BCUT2D eigenvalue weighted by molar-refractivity contribution is 0.100. The highest BCUT2D eigenvalue weighted by Crippen LogP contribution is 2.33. The van der Waals surface area contributed by atoms with Crippen molar-refractivity contribution in [3.63, 3.8) is 0 Å². The Bertz CT molecular complexity index is 201. The molecular weight excluding hydrogens is 208 g/mol. The fourth-order valence-electron chi connectivity index (χ4n) is 3.53. The van der Waals surface area contributed by atoms with Crippen LogP contribution in [0.25, 0.3) is 0 Å². The van der Waals surface area contributed by atoms with Gasteiger partial charge in [0.25, 0.3) is 0 Å². The van der Waals surface area contributed by atoms with E-state index < -0.39 is 0 Å². The molecule has 0 saturated carbocycles. The molecule has 0 spiro atoms. The monoisotopic (exact) mass is 238 g/mol. The molecule has 0 aromatic heterocycles. The van der Waals surface area contributed by atoms with Crippen LogP contribution in [-0.2, 0) is 0 Å². The Morgan fingerprint density at radius 3 is 2.12 bits per heavy atom. The minimum absolute atomic E-state index is 0.629. The Kier molecular flexibility index (Phi) is 5.30. The first-order valence-corrected chi connectivity index (χ1v) is 7.78. The summed E-state index contributed by atoms with van der Waals surface area (Å²) < 4.78 is 0. The molecule has 2 heterocycles. The highest BCUT2D eigenvalue weighted by Gasteiger charge is 2.31. The molecule has 2 saturated heterocycles. The Morgan fingerprint density at radius 1 is 0.941 bits per heavy atom. The molecule has 2 aliphatic rings. The third kappa shape index (κ3) is 3.96. The molecule has 0 amide bonds. The van der Waals surface area contributed by atoms with Crippen molar-refractivity contribution in [2.24, 2.45) is 5.41 Å². The van der Waals surface area contributed by atoms with Crippen LogP contribution in [0.5, 0.6) is 0 Å². The van der Waals surface area contributed by atoms with Crippen molar-refractivity contribution in [3.05, 3.63) is 0 Å². The highest BCUT2D eigenvalue weighted by atomic mass is 15.1. The summed E-state index contributed by atoms with van der Waals surface area (Å²) in [5.41, 5.74) is 0.629. The summed E-state index contributed by atoms with van der Waals surface area (Å²) in [6.45, 7) is 8.95. The van der Waals surface area contributed by atoms with Crippen molar-refractivity contribution >= 4 is 0 Å². The average Bonchev–Trinajstić information content (AvgIpc) is 2.34. The van der Waals surface area contributed by atoms with Gasteiger partial charge in [0.2, 0.25) is 0 Å². The van der Waals surface area contributed by atoms with Crippen LogP contribution in [0.3, 0.4) is 0 Å². The summed E-state index contributed by atoms with van der Waals surface area (Å²) in [5.74, 6) is 0. The smallest absolute Gasteiger partial charge is 0.00388 e. The van der Waals surface area contributed by atoms with Crippen LogP contribution in [0.2, 0.25) is 0 Å². The van der Waals surface area contributed by atoms with Gasteiger partial charge in [-0.15, -0.1) is 0 Å². The van der Waals surface area contributed by atoms with Gasteiger partial charge in [0.15, 0.2) is 0 Å². The summed E-state index contributed by atoms with van der Waals surface area (Å²) in [5, 5.41) is 3.51.